The lowest BCUT2D eigenvalue weighted by Crippen LogP contribution is -2.30. The number of aromatic amines is 1. The van der Waals surface area contributed by atoms with Crippen LogP contribution in [0.3, 0.4) is 0 Å². The minimum atomic E-state index is -0.599. The van der Waals surface area contributed by atoms with Crippen LogP contribution in [0.5, 0.6) is 0 Å². The van der Waals surface area contributed by atoms with Crippen molar-refractivity contribution in [1.82, 2.24) is 10.5 Å². The molecule has 0 bridgehead atoms. The highest BCUT2D eigenvalue weighted by Crippen LogP contribution is 2.06. The van der Waals surface area contributed by atoms with Crippen LogP contribution in [0.1, 0.15) is 35.0 Å². The molecule has 0 aromatic carbocycles. The quantitative estimate of drug-likeness (QED) is 0.462. The fraction of sp³-hybridized carbons (Fsp3) is 0.385. The maximum atomic E-state index is 11.7. The summed E-state index contributed by atoms with van der Waals surface area (Å²) >= 11 is 0. The normalized spacial score (nSPS) is 9.83. The van der Waals surface area contributed by atoms with Crippen molar-refractivity contribution in [2.75, 3.05) is 6.61 Å². The topological polar surface area (TPSA) is 71.2 Å². The van der Waals surface area contributed by atoms with E-state index < -0.39 is 11.5 Å². The van der Waals surface area contributed by atoms with Gasteiger partial charge in [0.1, 0.15) is 12.2 Å². The summed E-state index contributed by atoms with van der Waals surface area (Å²) in [4.78, 5) is 30.8. The van der Waals surface area contributed by atoms with E-state index in [1.165, 1.54) is 0 Å². The summed E-state index contributed by atoms with van der Waals surface area (Å²) in [6.45, 7) is 3.82. The fourth-order valence-corrected chi connectivity index (χ4v) is 1.55. The Labute approximate surface area is 106 Å². The van der Waals surface area contributed by atoms with Crippen molar-refractivity contribution >= 4 is 5.91 Å². The van der Waals surface area contributed by atoms with Crippen molar-refractivity contribution in [2.24, 2.45) is 0 Å². The van der Waals surface area contributed by atoms with Crippen molar-refractivity contribution < 1.29 is 9.63 Å². The standard InChI is InChI=1S/C13H16N2O3/c1-4-6-11-9(3)8-10(12(16)14-11)13(17)15-18-7-5-2/h2,8H,4,6-7H2,1,3H3,(H,14,16)(H,15,17). The molecule has 0 saturated heterocycles. The number of pyridine rings is 1. The van der Waals surface area contributed by atoms with Crippen molar-refractivity contribution in [3.63, 3.8) is 0 Å². The summed E-state index contributed by atoms with van der Waals surface area (Å²) in [6, 6.07) is 1.55. The SMILES string of the molecule is C#CCONC(=O)c1cc(C)c(CCC)[nH]c1=O. The average Bonchev–Trinajstić information content (AvgIpc) is 2.34. The van der Waals surface area contributed by atoms with Crippen LogP contribution in [0.2, 0.25) is 0 Å². The van der Waals surface area contributed by atoms with E-state index in [1.807, 2.05) is 13.8 Å². The smallest absolute Gasteiger partial charge is 0.280 e. The molecule has 1 aromatic rings. The molecule has 0 atom stereocenters. The number of rotatable bonds is 5. The molecule has 2 N–H and O–H groups in total. The Balaban J connectivity index is 2.91. The monoisotopic (exact) mass is 248 g/mol. The molecule has 5 nitrogen and oxygen atoms in total. The largest absolute Gasteiger partial charge is 0.325 e. The Bertz CT molecular complexity index is 526. The molecule has 1 amide bonds. The maximum Gasteiger partial charge on any atom is 0.280 e. The van der Waals surface area contributed by atoms with Gasteiger partial charge >= 0.3 is 0 Å². The minimum Gasteiger partial charge on any atom is -0.325 e. The Morgan fingerprint density at radius 3 is 2.94 bits per heavy atom. The van der Waals surface area contributed by atoms with Crippen LogP contribution in [-0.2, 0) is 11.3 Å². The Morgan fingerprint density at radius 2 is 2.33 bits per heavy atom. The molecule has 0 spiro atoms. The number of aromatic nitrogens is 1. The molecule has 0 aliphatic carbocycles. The predicted octanol–water partition coefficient (Wildman–Crippen LogP) is 0.930. The lowest BCUT2D eigenvalue weighted by atomic mass is 10.1. The third-order valence-corrected chi connectivity index (χ3v) is 2.41. The summed E-state index contributed by atoms with van der Waals surface area (Å²) in [5.41, 5.74) is 3.43. The number of carbonyl (C=O) groups excluding carboxylic acids is 1. The zero-order chi connectivity index (χ0) is 13.5. The molecule has 0 saturated carbocycles. The number of carbonyl (C=O) groups is 1. The van der Waals surface area contributed by atoms with E-state index in [4.69, 9.17) is 6.42 Å². The van der Waals surface area contributed by atoms with Gasteiger partial charge in [0.25, 0.3) is 11.5 Å². The van der Waals surface area contributed by atoms with E-state index in [-0.39, 0.29) is 12.2 Å². The number of H-pyrrole nitrogens is 1. The predicted molar refractivity (Wildman–Crippen MR) is 68.0 cm³/mol. The lowest BCUT2D eigenvalue weighted by Gasteiger charge is -2.07. The highest BCUT2D eigenvalue weighted by atomic mass is 16.6. The number of nitrogens with one attached hydrogen (secondary N) is 2. The third-order valence-electron chi connectivity index (χ3n) is 2.41. The van der Waals surface area contributed by atoms with Crippen LogP contribution in [-0.4, -0.2) is 17.5 Å². The van der Waals surface area contributed by atoms with Gasteiger partial charge in [0, 0.05) is 5.69 Å². The molecule has 0 aliphatic rings. The summed E-state index contributed by atoms with van der Waals surface area (Å²) < 4.78 is 0. The molecule has 18 heavy (non-hydrogen) atoms. The van der Waals surface area contributed by atoms with Gasteiger partial charge in [0.2, 0.25) is 0 Å². The van der Waals surface area contributed by atoms with Gasteiger partial charge in [-0.05, 0) is 25.0 Å². The van der Waals surface area contributed by atoms with Gasteiger partial charge in [0.15, 0.2) is 0 Å². The van der Waals surface area contributed by atoms with E-state index in [0.29, 0.717) is 0 Å². The van der Waals surface area contributed by atoms with Crippen LogP contribution in [0.4, 0.5) is 0 Å². The average molecular weight is 248 g/mol. The molecule has 0 unspecified atom stereocenters. The highest BCUT2D eigenvalue weighted by Gasteiger charge is 2.12. The number of hydrogen-bond donors (Lipinski definition) is 2. The van der Waals surface area contributed by atoms with Crippen LogP contribution in [0.25, 0.3) is 0 Å². The summed E-state index contributed by atoms with van der Waals surface area (Å²) in [6.07, 6.45) is 6.67. The van der Waals surface area contributed by atoms with E-state index in [2.05, 4.69) is 21.2 Å². The van der Waals surface area contributed by atoms with Crippen LogP contribution in [0, 0.1) is 19.3 Å². The maximum absolute atomic E-state index is 11.7. The lowest BCUT2D eigenvalue weighted by molar-refractivity contribution is 0.0436. The van der Waals surface area contributed by atoms with Crippen molar-refractivity contribution in [3.05, 3.63) is 33.2 Å². The van der Waals surface area contributed by atoms with Gasteiger partial charge in [-0.25, -0.2) is 5.48 Å². The van der Waals surface area contributed by atoms with Crippen LogP contribution >= 0.6 is 0 Å². The summed E-state index contributed by atoms with van der Waals surface area (Å²) in [5.74, 6) is 1.60. The zero-order valence-corrected chi connectivity index (χ0v) is 10.5. The molecule has 0 radical (unpaired) electrons. The number of hydrogen-bond acceptors (Lipinski definition) is 3. The Kier molecular flexibility index (Phi) is 5.15. The van der Waals surface area contributed by atoms with Crippen molar-refractivity contribution in [2.45, 2.75) is 26.7 Å². The van der Waals surface area contributed by atoms with Gasteiger partial charge in [-0.2, -0.15) is 0 Å². The molecule has 1 heterocycles. The number of aryl methyl sites for hydroxylation is 2. The van der Waals surface area contributed by atoms with Crippen LogP contribution < -0.4 is 11.0 Å². The first kappa shape index (κ1) is 14.0. The molecular weight excluding hydrogens is 232 g/mol. The number of amides is 1. The Hall–Kier alpha value is -2.06. The van der Waals surface area contributed by atoms with Gasteiger partial charge < -0.3 is 4.98 Å². The van der Waals surface area contributed by atoms with Gasteiger partial charge in [-0.15, -0.1) is 6.42 Å². The fourth-order valence-electron chi connectivity index (χ4n) is 1.55. The van der Waals surface area contributed by atoms with E-state index in [9.17, 15) is 9.59 Å². The first-order valence-corrected chi connectivity index (χ1v) is 5.68. The van der Waals surface area contributed by atoms with Gasteiger partial charge in [-0.3, -0.25) is 14.4 Å². The minimum absolute atomic E-state index is 0.0179. The summed E-state index contributed by atoms with van der Waals surface area (Å²) in [5, 5.41) is 0. The second kappa shape index (κ2) is 6.62. The van der Waals surface area contributed by atoms with E-state index >= 15 is 0 Å². The molecule has 1 aromatic heterocycles. The first-order chi connectivity index (χ1) is 8.60. The van der Waals surface area contributed by atoms with Crippen molar-refractivity contribution in [1.29, 1.82) is 0 Å². The van der Waals surface area contributed by atoms with Crippen molar-refractivity contribution in [3.8, 4) is 12.3 Å². The number of hydroxylamine groups is 1. The molecule has 96 valence electrons. The zero-order valence-electron chi connectivity index (χ0n) is 10.5. The molecule has 0 fully saturated rings. The highest BCUT2D eigenvalue weighted by molar-refractivity contribution is 5.93. The number of terminal acetylenes is 1. The van der Waals surface area contributed by atoms with Gasteiger partial charge in [0.05, 0.1) is 0 Å². The third kappa shape index (κ3) is 3.47. The summed E-state index contributed by atoms with van der Waals surface area (Å²) in [7, 11) is 0. The van der Waals surface area contributed by atoms with E-state index in [1.54, 1.807) is 6.07 Å². The van der Waals surface area contributed by atoms with Crippen LogP contribution in [0.15, 0.2) is 10.9 Å². The first-order valence-electron chi connectivity index (χ1n) is 5.68. The second-order valence-electron chi connectivity index (χ2n) is 3.85. The molecule has 0 aliphatic heterocycles. The van der Waals surface area contributed by atoms with E-state index in [0.717, 1.165) is 24.1 Å². The second-order valence-corrected chi connectivity index (χ2v) is 3.85. The van der Waals surface area contributed by atoms with Gasteiger partial charge in [-0.1, -0.05) is 19.3 Å². The molecule has 1 rings (SSSR count). The molecule has 5 heteroatoms. The molecular formula is C13H16N2O3. The Morgan fingerprint density at radius 1 is 1.61 bits per heavy atom.